The van der Waals surface area contributed by atoms with Crippen molar-refractivity contribution >= 4 is 0 Å². The van der Waals surface area contributed by atoms with Crippen LogP contribution in [-0.4, -0.2) is 17.2 Å². The van der Waals surface area contributed by atoms with Gasteiger partial charge in [-0.3, -0.25) is 0 Å². The number of ether oxygens (including phenoxy) is 2. The summed E-state index contributed by atoms with van der Waals surface area (Å²) >= 11 is 0. The Balaban J connectivity index is 2.14. The molecule has 0 radical (unpaired) electrons. The van der Waals surface area contributed by atoms with E-state index < -0.39 is 6.10 Å². The molecule has 0 bridgehead atoms. The Morgan fingerprint density at radius 1 is 1.25 bits per heavy atom. The van der Waals surface area contributed by atoms with Gasteiger partial charge < -0.3 is 14.6 Å². The number of hydrogen-bond acceptors (Lipinski definition) is 4. The third-order valence-corrected chi connectivity index (χ3v) is 2.98. The van der Waals surface area contributed by atoms with Gasteiger partial charge in [-0.2, -0.15) is 0 Å². The number of methoxy groups -OCH3 is 1. The van der Waals surface area contributed by atoms with Crippen LogP contribution in [-0.2, 0) is 6.61 Å². The molecule has 1 N–H and O–H groups in total. The first-order valence-electron chi connectivity index (χ1n) is 6.51. The molecular weight excluding hydrogens is 254 g/mol. The van der Waals surface area contributed by atoms with Crippen LogP contribution in [0.4, 0.5) is 0 Å². The van der Waals surface area contributed by atoms with Crippen molar-refractivity contribution in [1.29, 1.82) is 0 Å². The molecule has 1 atom stereocenters. The van der Waals surface area contributed by atoms with E-state index in [0.29, 0.717) is 18.2 Å². The lowest BCUT2D eigenvalue weighted by Gasteiger charge is -2.14. The molecule has 1 aromatic heterocycles. The zero-order chi connectivity index (χ0) is 14.5. The molecule has 0 unspecified atom stereocenters. The van der Waals surface area contributed by atoms with Gasteiger partial charge in [-0.25, -0.2) is 4.98 Å². The topological polar surface area (TPSA) is 51.6 Å². The summed E-state index contributed by atoms with van der Waals surface area (Å²) in [4.78, 5) is 4.29. The summed E-state index contributed by atoms with van der Waals surface area (Å²) < 4.78 is 10.8. The molecule has 0 amide bonds. The second-order valence-electron chi connectivity index (χ2n) is 4.68. The first kappa shape index (κ1) is 14.3. The van der Waals surface area contributed by atoms with E-state index >= 15 is 0 Å². The van der Waals surface area contributed by atoms with Crippen molar-refractivity contribution < 1.29 is 14.6 Å². The number of aliphatic hydroxyl groups is 1. The third kappa shape index (κ3) is 3.48. The predicted octanol–water partition coefficient (Wildman–Crippen LogP) is 3.03. The van der Waals surface area contributed by atoms with Gasteiger partial charge in [0.15, 0.2) is 0 Å². The first-order valence-corrected chi connectivity index (χ1v) is 6.51. The summed E-state index contributed by atoms with van der Waals surface area (Å²) in [6.45, 7) is 4.05. The fraction of sp³-hybridized carbons (Fsp3) is 0.312. The van der Waals surface area contributed by atoms with Crippen molar-refractivity contribution in [2.45, 2.75) is 26.6 Å². The molecule has 2 rings (SSSR count). The van der Waals surface area contributed by atoms with Crippen LogP contribution in [0, 0.1) is 6.92 Å². The fourth-order valence-electron chi connectivity index (χ4n) is 1.93. The summed E-state index contributed by atoms with van der Waals surface area (Å²) in [5.41, 5.74) is 2.65. The second kappa shape index (κ2) is 6.39. The Bertz CT molecular complexity index is 582. The largest absolute Gasteiger partial charge is 0.487 e. The highest BCUT2D eigenvalue weighted by atomic mass is 16.5. The molecule has 106 valence electrons. The van der Waals surface area contributed by atoms with Gasteiger partial charge in [0.05, 0.1) is 18.9 Å². The van der Waals surface area contributed by atoms with Crippen LogP contribution in [0.1, 0.15) is 29.8 Å². The molecule has 0 aliphatic heterocycles. The van der Waals surface area contributed by atoms with Gasteiger partial charge in [0, 0.05) is 11.6 Å². The van der Waals surface area contributed by atoms with E-state index in [4.69, 9.17) is 9.47 Å². The maximum absolute atomic E-state index is 9.79. The maximum Gasteiger partial charge on any atom is 0.213 e. The average molecular weight is 273 g/mol. The smallest absolute Gasteiger partial charge is 0.213 e. The highest BCUT2D eigenvalue weighted by Gasteiger charge is 2.10. The number of aromatic nitrogens is 1. The number of aryl methyl sites for hydroxylation is 1. The van der Waals surface area contributed by atoms with E-state index in [0.717, 1.165) is 16.8 Å². The molecule has 0 spiro atoms. The predicted molar refractivity (Wildman–Crippen MR) is 76.9 cm³/mol. The van der Waals surface area contributed by atoms with Gasteiger partial charge >= 0.3 is 0 Å². The van der Waals surface area contributed by atoms with E-state index in [-0.39, 0.29) is 0 Å². The molecule has 0 aliphatic rings. The maximum atomic E-state index is 9.79. The second-order valence-corrected chi connectivity index (χ2v) is 4.68. The van der Waals surface area contributed by atoms with Crippen LogP contribution in [0.25, 0.3) is 0 Å². The molecule has 1 aromatic carbocycles. The average Bonchev–Trinajstić information content (AvgIpc) is 2.46. The normalized spacial score (nSPS) is 12.0. The van der Waals surface area contributed by atoms with E-state index in [9.17, 15) is 5.11 Å². The summed E-state index contributed by atoms with van der Waals surface area (Å²) in [7, 11) is 1.58. The number of rotatable bonds is 5. The van der Waals surface area contributed by atoms with Crippen molar-refractivity contribution in [1.82, 2.24) is 4.98 Å². The summed E-state index contributed by atoms with van der Waals surface area (Å²) in [5, 5.41) is 9.79. The van der Waals surface area contributed by atoms with Gasteiger partial charge in [0.2, 0.25) is 5.88 Å². The number of hydrogen-bond donors (Lipinski definition) is 1. The van der Waals surface area contributed by atoms with E-state index in [2.05, 4.69) is 4.98 Å². The molecule has 20 heavy (non-hydrogen) atoms. The Labute approximate surface area is 119 Å². The standard InChI is InChI=1S/C16H19NO3/c1-11-7-8-15(14(9-11)12(2)18)20-10-13-5-4-6-16(17-13)19-3/h4-9,12,18H,10H2,1-3H3/t12-/m1/s1. The summed E-state index contributed by atoms with van der Waals surface area (Å²) in [5.74, 6) is 1.24. The molecule has 0 saturated carbocycles. The lowest BCUT2D eigenvalue weighted by molar-refractivity contribution is 0.189. The molecule has 0 saturated heterocycles. The van der Waals surface area contributed by atoms with Crippen LogP contribution in [0.3, 0.4) is 0 Å². The fourth-order valence-corrected chi connectivity index (χ4v) is 1.93. The Hall–Kier alpha value is -2.07. The molecule has 0 aliphatic carbocycles. The van der Waals surface area contributed by atoms with Crippen molar-refractivity contribution in [2.75, 3.05) is 7.11 Å². The van der Waals surface area contributed by atoms with Gasteiger partial charge in [-0.05, 0) is 32.0 Å². The Kier molecular flexibility index (Phi) is 4.58. The molecule has 4 nitrogen and oxygen atoms in total. The molecule has 0 fully saturated rings. The monoisotopic (exact) mass is 273 g/mol. The van der Waals surface area contributed by atoms with Crippen molar-refractivity contribution in [2.24, 2.45) is 0 Å². The highest BCUT2D eigenvalue weighted by molar-refractivity contribution is 5.38. The summed E-state index contributed by atoms with van der Waals surface area (Å²) in [6.07, 6.45) is -0.567. The lowest BCUT2D eigenvalue weighted by atomic mass is 10.1. The number of pyridine rings is 1. The minimum Gasteiger partial charge on any atom is -0.487 e. The third-order valence-electron chi connectivity index (χ3n) is 2.98. The minimum absolute atomic E-state index is 0.333. The van der Waals surface area contributed by atoms with Crippen LogP contribution < -0.4 is 9.47 Å². The lowest BCUT2D eigenvalue weighted by Crippen LogP contribution is -2.03. The molecule has 4 heteroatoms. The van der Waals surface area contributed by atoms with Crippen molar-refractivity contribution in [3.05, 3.63) is 53.2 Å². The van der Waals surface area contributed by atoms with Crippen LogP contribution in [0.15, 0.2) is 36.4 Å². The van der Waals surface area contributed by atoms with Gasteiger partial charge in [0.1, 0.15) is 12.4 Å². The van der Waals surface area contributed by atoms with Gasteiger partial charge in [0.25, 0.3) is 0 Å². The summed E-state index contributed by atoms with van der Waals surface area (Å²) in [6, 6.07) is 11.3. The zero-order valence-corrected chi connectivity index (χ0v) is 12.0. The Morgan fingerprint density at radius 2 is 2.05 bits per heavy atom. The minimum atomic E-state index is -0.567. The van der Waals surface area contributed by atoms with E-state index in [1.54, 1.807) is 20.1 Å². The molecular formula is C16H19NO3. The highest BCUT2D eigenvalue weighted by Crippen LogP contribution is 2.26. The van der Waals surface area contributed by atoms with Crippen LogP contribution in [0.5, 0.6) is 11.6 Å². The van der Waals surface area contributed by atoms with E-state index in [1.165, 1.54) is 0 Å². The molecule has 1 heterocycles. The zero-order valence-electron chi connectivity index (χ0n) is 12.0. The van der Waals surface area contributed by atoms with Crippen molar-refractivity contribution in [3.8, 4) is 11.6 Å². The van der Waals surface area contributed by atoms with Crippen LogP contribution in [0.2, 0.25) is 0 Å². The SMILES string of the molecule is COc1cccc(COc2ccc(C)cc2[C@@H](C)O)n1. The van der Waals surface area contributed by atoms with E-state index in [1.807, 2.05) is 37.3 Å². The Morgan fingerprint density at radius 3 is 2.75 bits per heavy atom. The van der Waals surface area contributed by atoms with Gasteiger partial charge in [-0.15, -0.1) is 0 Å². The van der Waals surface area contributed by atoms with Gasteiger partial charge in [-0.1, -0.05) is 17.7 Å². The van der Waals surface area contributed by atoms with Crippen LogP contribution >= 0.6 is 0 Å². The molecule has 2 aromatic rings. The first-order chi connectivity index (χ1) is 9.60. The quantitative estimate of drug-likeness (QED) is 0.909. The number of aliphatic hydroxyl groups excluding tert-OH is 1. The van der Waals surface area contributed by atoms with Crippen molar-refractivity contribution in [3.63, 3.8) is 0 Å². The number of nitrogens with zero attached hydrogens (tertiary/aromatic N) is 1. The number of benzene rings is 1.